The number of nitrogens with zero attached hydrogens (tertiary/aromatic N) is 1. The molecule has 8 nitrogen and oxygen atoms in total. The molecule has 1 heterocycles. The quantitative estimate of drug-likeness (QED) is 0.413. The monoisotopic (exact) mass is 424 g/mol. The third-order valence-corrected chi connectivity index (χ3v) is 4.82. The molecule has 0 bridgehead atoms. The lowest BCUT2D eigenvalue weighted by atomic mass is 10.2. The normalized spacial score (nSPS) is 10.3. The average Bonchev–Trinajstić information content (AvgIpc) is 3.18. The molecule has 0 aliphatic rings. The maximum absolute atomic E-state index is 12.1. The van der Waals surface area contributed by atoms with E-state index in [0.29, 0.717) is 22.0 Å². The molecule has 0 atom stereocenters. The molecule has 0 unspecified atom stereocenters. The Morgan fingerprint density at radius 2 is 1.53 bits per heavy atom. The van der Waals surface area contributed by atoms with Crippen molar-refractivity contribution in [2.45, 2.75) is 6.42 Å². The van der Waals surface area contributed by atoms with Crippen LogP contribution in [0.15, 0.2) is 60.0 Å². The summed E-state index contributed by atoms with van der Waals surface area (Å²) in [6.07, 6.45) is 0.0730. The smallest absolute Gasteiger partial charge is 0.257 e. The van der Waals surface area contributed by atoms with Crippen LogP contribution in [0.2, 0.25) is 0 Å². The van der Waals surface area contributed by atoms with Gasteiger partial charge in [0, 0.05) is 29.6 Å². The van der Waals surface area contributed by atoms with Crippen molar-refractivity contribution >= 4 is 34.2 Å². The van der Waals surface area contributed by atoms with Gasteiger partial charge in [0.1, 0.15) is 5.75 Å². The highest BCUT2D eigenvalue weighted by molar-refractivity contribution is 7.14. The van der Waals surface area contributed by atoms with E-state index in [1.807, 2.05) is 6.07 Å². The number of thiazole rings is 1. The highest BCUT2D eigenvalue weighted by atomic mass is 32.1. The number of carbonyl (C=O) groups excluding carboxylic acids is 3. The number of amides is 3. The number of nitrogens with one attached hydrogen (secondary N) is 3. The van der Waals surface area contributed by atoms with Gasteiger partial charge >= 0.3 is 0 Å². The van der Waals surface area contributed by atoms with Gasteiger partial charge in [-0.3, -0.25) is 19.7 Å². The Bertz CT molecular complexity index is 1020. The number of phenols is 1. The molecule has 0 saturated carbocycles. The minimum absolute atomic E-state index is 0.0730. The summed E-state index contributed by atoms with van der Waals surface area (Å²) in [7, 11) is 0. The number of carbonyl (C=O) groups is 3. The molecule has 0 saturated heterocycles. The minimum Gasteiger partial charge on any atom is -0.508 e. The molecule has 0 aliphatic heterocycles. The maximum Gasteiger partial charge on any atom is 0.257 e. The van der Waals surface area contributed by atoms with Gasteiger partial charge in [0.05, 0.1) is 12.1 Å². The molecule has 0 aliphatic carbocycles. The SMILES string of the molecule is O=C(Cc1csc(NC(=O)c2ccccc2)n1)NCCNC(=O)c1ccc(O)cc1. The third kappa shape index (κ3) is 6.14. The van der Waals surface area contributed by atoms with Gasteiger partial charge in [0.25, 0.3) is 11.8 Å². The van der Waals surface area contributed by atoms with Crippen molar-refractivity contribution in [2.75, 3.05) is 18.4 Å². The number of hydrogen-bond donors (Lipinski definition) is 4. The second-order valence-electron chi connectivity index (χ2n) is 6.29. The van der Waals surface area contributed by atoms with Crippen LogP contribution >= 0.6 is 11.3 Å². The molecule has 3 rings (SSSR count). The standard InChI is InChI=1S/C21H20N4O4S/c26-17-8-6-15(7-9-17)19(28)23-11-10-22-18(27)12-16-13-30-21(24-16)25-20(29)14-4-2-1-3-5-14/h1-9,13,26H,10-12H2,(H,22,27)(H,23,28)(H,24,25,29). The first-order chi connectivity index (χ1) is 14.5. The van der Waals surface area contributed by atoms with Gasteiger partial charge in [-0.25, -0.2) is 4.98 Å². The van der Waals surface area contributed by atoms with Crippen LogP contribution in [0.4, 0.5) is 5.13 Å². The van der Waals surface area contributed by atoms with Crippen molar-refractivity contribution in [1.29, 1.82) is 0 Å². The summed E-state index contributed by atoms with van der Waals surface area (Å²) in [6, 6.07) is 14.7. The lowest BCUT2D eigenvalue weighted by Crippen LogP contribution is -2.35. The molecule has 9 heteroatoms. The summed E-state index contributed by atoms with van der Waals surface area (Å²) >= 11 is 1.25. The Kier molecular flexibility index (Phi) is 7.12. The summed E-state index contributed by atoms with van der Waals surface area (Å²) in [6.45, 7) is 0.533. The van der Waals surface area contributed by atoms with E-state index in [2.05, 4.69) is 20.9 Å². The van der Waals surface area contributed by atoms with Gasteiger partial charge in [-0.15, -0.1) is 11.3 Å². The van der Waals surface area contributed by atoms with Gasteiger partial charge in [-0.2, -0.15) is 0 Å². The summed E-state index contributed by atoms with van der Waals surface area (Å²) in [4.78, 5) is 40.4. The molecule has 1 aromatic heterocycles. The van der Waals surface area contributed by atoms with E-state index in [4.69, 9.17) is 0 Å². The van der Waals surface area contributed by atoms with Crippen LogP contribution in [-0.4, -0.2) is 40.9 Å². The van der Waals surface area contributed by atoms with Crippen LogP contribution in [0, 0.1) is 0 Å². The second-order valence-corrected chi connectivity index (χ2v) is 7.15. The summed E-state index contributed by atoms with van der Waals surface area (Å²) < 4.78 is 0. The van der Waals surface area contributed by atoms with Crippen LogP contribution in [0.3, 0.4) is 0 Å². The molecule has 3 aromatic rings. The van der Waals surface area contributed by atoms with Crippen molar-refractivity contribution in [3.05, 3.63) is 76.8 Å². The third-order valence-electron chi connectivity index (χ3n) is 4.01. The Balaban J connectivity index is 1.38. The topological polar surface area (TPSA) is 120 Å². The van der Waals surface area contributed by atoms with Crippen molar-refractivity contribution in [3.8, 4) is 5.75 Å². The Morgan fingerprint density at radius 1 is 0.867 bits per heavy atom. The van der Waals surface area contributed by atoms with E-state index in [1.165, 1.54) is 35.6 Å². The van der Waals surface area contributed by atoms with Crippen LogP contribution in [-0.2, 0) is 11.2 Å². The van der Waals surface area contributed by atoms with Gasteiger partial charge in [-0.1, -0.05) is 18.2 Å². The zero-order chi connectivity index (χ0) is 21.3. The molecule has 0 fully saturated rings. The molecule has 30 heavy (non-hydrogen) atoms. The second kappa shape index (κ2) is 10.2. The number of benzene rings is 2. The van der Waals surface area contributed by atoms with Gasteiger partial charge in [0.15, 0.2) is 5.13 Å². The highest BCUT2D eigenvalue weighted by Crippen LogP contribution is 2.17. The van der Waals surface area contributed by atoms with Crippen LogP contribution in [0.1, 0.15) is 26.4 Å². The van der Waals surface area contributed by atoms with Crippen molar-refractivity contribution in [2.24, 2.45) is 0 Å². The van der Waals surface area contributed by atoms with Gasteiger partial charge in [-0.05, 0) is 36.4 Å². The van der Waals surface area contributed by atoms with Crippen molar-refractivity contribution < 1.29 is 19.5 Å². The number of aromatic hydroxyl groups is 1. The van der Waals surface area contributed by atoms with Crippen LogP contribution in [0.25, 0.3) is 0 Å². The zero-order valence-electron chi connectivity index (χ0n) is 15.9. The van der Waals surface area contributed by atoms with Crippen LogP contribution < -0.4 is 16.0 Å². The molecular weight excluding hydrogens is 404 g/mol. The van der Waals surface area contributed by atoms with Crippen molar-refractivity contribution in [1.82, 2.24) is 15.6 Å². The van der Waals surface area contributed by atoms with E-state index in [1.54, 1.807) is 29.6 Å². The minimum atomic E-state index is -0.289. The first-order valence-corrected chi connectivity index (χ1v) is 10.0. The fourth-order valence-corrected chi connectivity index (χ4v) is 3.23. The molecule has 154 valence electrons. The van der Waals surface area contributed by atoms with Gasteiger partial charge < -0.3 is 15.7 Å². The Hall–Kier alpha value is -3.72. The van der Waals surface area contributed by atoms with E-state index >= 15 is 0 Å². The lowest BCUT2D eigenvalue weighted by Gasteiger charge is -2.07. The van der Waals surface area contributed by atoms with Gasteiger partial charge in [0.2, 0.25) is 5.91 Å². The fourth-order valence-electron chi connectivity index (χ4n) is 2.52. The van der Waals surface area contributed by atoms with Crippen molar-refractivity contribution in [3.63, 3.8) is 0 Å². The predicted molar refractivity (Wildman–Crippen MR) is 114 cm³/mol. The summed E-state index contributed by atoms with van der Waals surface area (Å²) in [5.74, 6) is -0.698. The van der Waals surface area contributed by atoms with Crippen LogP contribution in [0.5, 0.6) is 5.75 Å². The number of hydrogen-bond acceptors (Lipinski definition) is 6. The average molecular weight is 424 g/mol. The Labute approximate surface area is 177 Å². The number of rotatable bonds is 8. The Morgan fingerprint density at radius 3 is 2.27 bits per heavy atom. The van der Waals surface area contributed by atoms with E-state index in [-0.39, 0.29) is 43.0 Å². The predicted octanol–water partition coefficient (Wildman–Crippen LogP) is 2.19. The summed E-state index contributed by atoms with van der Waals surface area (Å²) in [5.41, 5.74) is 1.50. The molecule has 4 N–H and O–H groups in total. The molecule has 2 aromatic carbocycles. The van der Waals surface area contributed by atoms with E-state index in [9.17, 15) is 19.5 Å². The number of aromatic nitrogens is 1. The summed E-state index contributed by atoms with van der Waals surface area (Å²) in [5, 5.41) is 19.5. The molecular formula is C21H20N4O4S. The fraction of sp³-hybridized carbons (Fsp3) is 0.143. The van der Waals surface area contributed by atoms with E-state index in [0.717, 1.165) is 0 Å². The zero-order valence-corrected chi connectivity index (χ0v) is 16.7. The largest absolute Gasteiger partial charge is 0.508 e. The molecule has 0 spiro atoms. The first kappa shape index (κ1) is 21.0. The number of phenolic OH excluding ortho intramolecular Hbond substituents is 1. The lowest BCUT2D eigenvalue weighted by molar-refractivity contribution is -0.120. The first-order valence-electron chi connectivity index (χ1n) is 9.16. The molecule has 3 amide bonds. The maximum atomic E-state index is 12.1. The van der Waals surface area contributed by atoms with E-state index < -0.39 is 0 Å². The highest BCUT2D eigenvalue weighted by Gasteiger charge is 2.11. The number of anilines is 1. The molecule has 0 radical (unpaired) electrons.